The van der Waals surface area contributed by atoms with E-state index in [0.29, 0.717) is 12.5 Å². The van der Waals surface area contributed by atoms with E-state index < -0.39 is 0 Å². The third-order valence-corrected chi connectivity index (χ3v) is 3.67. The highest BCUT2D eigenvalue weighted by atomic mass is 16.6. The second kappa shape index (κ2) is 4.87. The summed E-state index contributed by atoms with van der Waals surface area (Å²) in [4.78, 5) is 0. The fourth-order valence-electron chi connectivity index (χ4n) is 2.80. The van der Waals surface area contributed by atoms with Crippen molar-refractivity contribution in [1.29, 1.82) is 10.5 Å². The van der Waals surface area contributed by atoms with Crippen LogP contribution in [-0.2, 0) is 9.47 Å². The van der Waals surface area contributed by atoms with Crippen molar-refractivity contribution in [2.75, 3.05) is 6.61 Å². The van der Waals surface area contributed by atoms with Crippen molar-refractivity contribution in [1.82, 2.24) is 0 Å². The van der Waals surface area contributed by atoms with Gasteiger partial charge in [0.15, 0.2) is 0 Å². The van der Waals surface area contributed by atoms with Gasteiger partial charge in [-0.1, -0.05) is 6.92 Å². The topological polar surface area (TPSA) is 66.0 Å². The van der Waals surface area contributed by atoms with E-state index in [9.17, 15) is 0 Å². The average molecular weight is 232 g/mol. The van der Waals surface area contributed by atoms with E-state index in [2.05, 4.69) is 6.92 Å². The molecule has 2 fully saturated rings. The van der Waals surface area contributed by atoms with Crippen LogP contribution in [0.4, 0.5) is 0 Å². The normalized spacial score (nSPS) is 35.2. The zero-order valence-corrected chi connectivity index (χ0v) is 10.1. The molecule has 0 saturated carbocycles. The predicted octanol–water partition coefficient (Wildman–Crippen LogP) is 1.93. The lowest BCUT2D eigenvalue weighted by Crippen LogP contribution is -2.30. The molecule has 2 rings (SSSR count). The van der Waals surface area contributed by atoms with Gasteiger partial charge in [-0.2, -0.15) is 10.5 Å². The summed E-state index contributed by atoms with van der Waals surface area (Å²) in [6.07, 6.45) is 1.65. The van der Waals surface area contributed by atoms with E-state index in [1.807, 2.05) is 19.1 Å². The Balaban J connectivity index is 2.33. The minimum absolute atomic E-state index is 0.0146. The number of hydrogen-bond donors (Lipinski definition) is 0. The zero-order chi connectivity index (χ0) is 12.4. The maximum atomic E-state index is 8.96. The van der Waals surface area contributed by atoms with Gasteiger partial charge in [0.05, 0.1) is 12.2 Å². The van der Waals surface area contributed by atoms with Crippen LogP contribution in [0.1, 0.15) is 26.7 Å². The molecule has 0 aromatic rings. The summed E-state index contributed by atoms with van der Waals surface area (Å²) in [5.41, 5.74) is 1.03. The molecule has 0 spiro atoms. The molecule has 0 aromatic heterocycles. The molecule has 90 valence electrons. The van der Waals surface area contributed by atoms with Gasteiger partial charge in [-0.3, -0.25) is 0 Å². The second-order valence-corrected chi connectivity index (χ2v) is 4.54. The van der Waals surface area contributed by atoms with E-state index in [-0.39, 0.29) is 23.9 Å². The number of ether oxygens (including phenoxy) is 2. The molecule has 0 radical (unpaired) electrons. The van der Waals surface area contributed by atoms with Crippen LogP contribution < -0.4 is 0 Å². The van der Waals surface area contributed by atoms with Crippen molar-refractivity contribution in [2.45, 2.75) is 45.0 Å². The van der Waals surface area contributed by atoms with Crippen molar-refractivity contribution in [2.24, 2.45) is 5.92 Å². The van der Waals surface area contributed by atoms with Crippen molar-refractivity contribution >= 4 is 0 Å². The molecule has 2 heterocycles. The summed E-state index contributed by atoms with van der Waals surface area (Å²) < 4.78 is 11.6. The number of nitrogens with zero attached hydrogens (tertiary/aromatic N) is 2. The quantitative estimate of drug-likeness (QED) is 0.682. The lowest BCUT2D eigenvalue weighted by atomic mass is 9.96. The summed E-state index contributed by atoms with van der Waals surface area (Å²) in [7, 11) is 0. The lowest BCUT2D eigenvalue weighted by Gasteiger charge is -2.25. The highest BCUT2D eigenvalue weighted by molar-refractivity contribution is 5.43. The Morgan fingerprint density at radius 3 is 2.76 bits per heavy atom. The molecule has 2 bridgehead atoms. The van der Waals surface area contributed by atoms with Crippen LogP contribution in [0.5, 0.6) is 0 Å². The predicted molar refractivity (Wildman–Crippen MR) is 60.7 cm³/mol. The number of nitriles is 2. The number of allylic oxidation sites excluding steroid dienone is 1. The summed E-state index contributed by atoms with van der Waals surface area (Å²) in [5.74, 6) is 0.330. The Kier molecular flexibility index (Phi) is 3.47. The standard InChI is InChI=1S/C13H16N2O2/c1-3-16-12-8(2)11-5-4-10(13(12)17-11)9(6-14)7-15/h8,11-13H,3-5H2,1-2H3/t8-,11-,12+,13+/m1/s1. The minimum Gasteiger partial charge on any atom is -0.375 e. The second-order valence-electron chi connectivity index (χ2n) is 4.54. The van der Waals surface area contributed by atoms with E-state index in [4.69, 9.17) is 20.0 Å². The highest BCUT2D eigenvalue weighted by Crippen LogP contribution is 2.42. The summed E-state index contributed by atoms with van der Waals surface area (Å²) in [6, 6.07) is 3.93. The first-order chi connectivity index (χ1) is 8.22. The van der Waals surface area contributed by atoms with Crippen molar-refractivity contribution in [3.63, 3.8) is 0 Å². The fourth-order valence-corrected chi connectivity index (χ4v) is 2.80. The molecule has 0 amide bonds. The van der Waals surface area contributed by atoms with Gasteiger partial charge in [0.25, 0.3) is 0 Å². The zero-order valence-electron chi connectivity index (χ0n) is 10.1. The van der Waals surface area contributed by atoms with Gasteiger partial charge >= 0.3 is 0 Å². The van der Waals surface area contributed by atoms with Crippen LogP contribution in [0.2, 0.25) is 0 Å². The Morgan fingerprint density at radius 2 is 2.18 bits per heavy atom. The minimum atomic E-state index is -0.196. The Morgan fingerprint density at radius 1 is 1.47 bits per heavy atom. The van der Waals surface area contributed by atoms with Crippen LogP contribution in [0, 0.1) is 28.6 Å². The number of fused-ring (bicyclic) bond motifs is 2. The SMILES string of the molecule is CCO[C@H]1[C@H](C)[C@H]2CCC(=C(C#N)C#N)[C@@H]1O2. The van der Waals surface area contributed by atoms with Crippen molar-refractivity contribution in [3.05, 3.63) is 11.1 Å². The van der Waals surface area contributed by atoms with Crippen LogP contribution in [-0.4, -0.2) is 24.9 Å². The van der Waals surface area contributed by atoms with E-state index in [1.54, 1.807) is 0 Å². The van der Waals surface area contributed by atoms with Crippen molar-refractivity contribution in [3.8, 4) is 12.1 Å². The van der Waals surface area contributed by atoms with Gasteiger partial charge in [0, 0.05) is 12.5 Å². The first-order valence-corrected chi connectivity index (χ1v) is 6.03. The molecule has 17 heavy (non-hydrogen) atoms. The molecule has 2 saturated heterocycles. The Bertz CT molecular complexity index is 400. The van der Waals surface area contributed by atoms with Gasteiger partial charge in [-0.05, 0) is 25.3 Å². The van der Waals surface area contributed by atoms with Gasteiger partial charge < -0.3 is 9.47 Å². The molecule has 0 N–H and O–H groups in total. The summed E-state index contributed by atoms with van der Waals surface area (Å²) >= 11 is 0. The van der Waals surface area contributed by atoms with Crippen LogP contribution >= 0.6 is 0 Å². The largest absolute Gasteiger partial charge is 0.375 e. The molecule has 2 aliphatic heterocycles. The Hall–Kier alpha value is -1.36. The molecule has 4 nitrogen and oxygen atoms in total. The molecule has 0 unspecified atom stereocenters. The average Bonchev–Trinajstić information content (AvgIpc) is 2.59. The van der Waals surface area contributed by atoms with Crippen molar-refractivity contribution < 1.29 is 9.47 Å². The molecular formula is C13H16N2O2. The summed E-state index contributed by atoms with van der Waals surface area (Å²) in [6.45, 7) is 4.70. The molecule has 0 aromatic carbocycles. The maximum Gasteiger partial charge on any atom is 0.131 e. The van der Waals surface area contributed by atoms with E-state index >= 15 is 0 Å². The van der Waals surface area contributed by atoms with Gasteiger partial charge in [-0.25, -0.2) is 0 Å². The first-order valence-electron chi connectivity index (χ1n) is 6.03. The number of hydrogen-bond acceptors (Lipinski definition) is 4. The molecule has 0 aliphatic carbocycles. The monoisotopic (exact) mass is 232 g/mol. The van der Waals surface area contributed by atoms with Gasteiger partial charge in [0.1, 0.15) is 23.8 Å². The van der Waals surface area contributed by atoms with E-state index in [1.165, 1.54) is 0 Å². The Labute approximate surface area is 101 Å². The van der Waals surface area contributed by atoms with Crippen LogP contribution in [0.3, 0.4) is 0 Å². The molecule has 4 heteroatoms. The number of rotatable bonds is 2. The van der Waals surface area contributed by atoms with Crippen LogP contribution in [0.25, 0.3) is 0 Å². The molecular weight excluding hydrogens is 216 g/mol. The maximum absolute atomic E-state index is 8.96. The van der Waals surface area contributed by atoms with Crippen LogP contribution in [0.15, 0.2) is 11.1 Å². The smallest absolute Gasteiger partial charge is 0.131 e. The first kappa shape index (κ1) is 12.1. The highest BCUT2D eigenvalue weighted by Gasteiger charge is 2.47. The van der Waals surface area contributed by atoms with Gasteiger partial charge in [-0.15, -0.1) is 0 Å². The summed E-state index contributed by atoms with van der Waals surface area (Å²) in [5, 5.41) is 17.9. The molecule has 4 atom stereocenters. The lowest BCUT2D eigenvalue weighted by molar-refractivity contribution is -0.0149. The third-order valence-electron chi connectivity index (χ3n) is 3.67. The van der Waals surface area contributed by atoms with E-state index in [0.717, 1.165) is 18.4 Å². The third kappa shape index (κ3) is 1.95. The fraction of sp³-hybridized carbons (Fsp3) is 0.692. The van der Waals surface area contributed by atoms with Gasteiger partial charge in [0.2, 0.25) is 0 Å². The molecule has 2 aliphatic rings.